The van der Waals surface area contributed by atoms with Gasteiger partial charge in [-0.25, -0.2) is 4.99 Å². The lowest BCUT2D eigenvalue weighted by Gasteiger charge is -2.09. The summed E-state index contributed by atoms with van der Waals surface area (Å²) < 4.78 is 0. The molecule has 0 unspecified atom stereocenters. The molecule has 0 aromatic heterocycles. The molecule has 0 atom stereocenters. The van der Waals surface area contributed by atoms with Crippen molar-refractivity contribution in [3.63, 3.8) is 0 Å². The number of nitrogens with two attached hydrogens (primary N) is 1. The minimum atomic E-state index is 0. The molecule has 1 aromatic rings. The van der Waals surface area contributed by atoms with Crippen LogP contribution >= 0.6 is 24.0 Å². The number of nitrogens with zero attached hydrogens (tertiary/aromatic N) is 1. The molecule has 2 nitrogen and oxygen atoms in total. The predicted octanol–water partition coefficient (Wildman–Crippen LogP) is 3.70. The Morgan fingerprint density at radius 3 is 2.27 bits per heavy atom. The average Bonchev–Trinajstić information content (AvgIpc) is 2.10. The van der Waals surface area contributed by atoms with Crippen LogP contribution in [0.1, 0.15) is 23.6 Å². The summed E-state index contributed by atoms with van der Waals surface area (Å²) in [5, 5.41) is 0.816. The van der Waals surface area contributed by atoms with Crippen LogP contribution < -0.4 is 5.73 Å². The van der Waals surface area contributed by atoms with Gasteiger partial charge in [0.25, 0.3) is 0 Å². The first-order valence-corrected chi connectivity index (χ1v) is 4.88. The number of rotatable bonds is 1. The van der Waals surface area contributed by atoms with Gasteiger partial charge in [0.15, 0.2) is 0 Å². The van der Waals surface area contributed by atoms with Crippen molar-refractivity contribution in [2.45, 2.75) is 27.7 Å². The van der Waals surface area contributed by atoms with Gasteiger partial charge in [0.05, 0.1) is 11.5 Å². The molecule has 1 rings (SSSR count). The van der Waals surface area contributed by atoms with Crippen molar-refractivity contribution in [1.29, 1.82) is 0 Å². The molecule has 0 fully saturated rings. The highest BCUT2D eigenvalue weighted by atomic mass is 35.5. The molecule has 0 heterocycles. The van der Waals surface area contributed by atoms with E-state index in [1.165, 1.54) is 0 Å². The van der Waals surface area contributed by atoms with Crippen LogP contribution in [0.15, 0.2) is 11.1 Å². The van der Waals surface area contributed by atoms with Gasteiger partial charge in [-0.3, -0.25) is 0 Å². The van der Waals surface area contributed by atoms with Crippen LogP contribution in [0.5, 0.6) is 0 Å². The van der Waals surface area contributed by atoms with Crippen LogP contribution in [-0.2, 0) is 0 Å². The Labute approximate surface area is 102 Å². The number of benzene rings is 1. The SMILES string of the molecule is CC(N)=Nc1cc(C)c(Cl)c(C)c1C.Cl. The van der Waals surface area contributed by atoms with Crippen molar-refractivity contribution in [2.75, 3.05) is 0 Å². The van der Waals surface area contributed by atoms with Crippen molar-refractivity contribution in [1.82, 2.24) is 0 Å². The van der Waals surface area contributed by atoms with Crippen molar-refractivity contribution in [2.24, 2.45) is 10.7 Å². The van der Waals surface area contributed by atoms with Crippen LogP contribution in [0.4, 0.5) is 5.69 Å². The number of hydrogen-bond acceptors (Lipinski definition) is 1. The molecule has 2 N–H and O–H groups in total. The van der Waals surface area contributed by atoms with Crippen LogP contribution in [0.25, 0.3) is 0 Å². The minimum Gasteiger partial charge on any atom is -0.387 e. The van der Waals surface area contributed by atoms with Gasteiger partial charge in [-0.15, -0.1) is 12.4 Å². The van der Waals surface area contributed by atoms with E-state index < -0.39 is 0 Å². The summed E-state index contributed by atoms with van der Waals surface area (Å²) in [6.07, 6.45) is 0. The van der Waals surface area contributed by atoms with Crippen molar-refractivity contribution in [3.05, 3.63) is 27.8 Å². The molecule has 0 saturated carbocycles. The van der Waals surface area contributed by atoms with Gasteiger partial charge in [0, 0.05) is 5.02 Å². The van der Waals surface area contributed by atoms with Crippen LogP contribution in [0.3, 0.4) is 0 Å². The molecular formula is C11H16Cl2N2. The second-order valence-electron chi connectivity index (χ2n) is 3.53. The molecule has 15 heavy (non-hydrogen) atoms. The highest BCUT2D eigenvalue weighted by Crippen LogP contribution is 2.30. The summed E-state index contributed by atoms with van der Waals surface area (Å²) in [6, 6.07) is 1.96. The molecule has 4 heteroatoms. The molecule has 0 aliphatic heterocycles. The van der Waals surface area contributed by atoms with Gasteiger partial charge in [-0.1, -0.05) is 11.6 Å². The molecular weight excluding hydrogens is 231 g/mol. The Hall–Kier alpha value is -0.730. The number of aryl methyl sites for hydroxylation is 1. The lowest BCUT2D eigenvalue weighted by Crippen LogP contribution is -2.04. The average molecular weight is 247 g/mol. The zero-order valence-corrected chi connectivity index (χ0v) is 11.0. The van der Waals surface area contributed by atoms with Crippen molar-refractivity contribution >= 4 is 35.5 Å². The lowest BCUT2D eigenvalue weighted by atomic mass is 10.0. The fraction of sp³-hybridized carbons (Fsp3) is 0.364. The second kappa shape index (κ2) is 5.38. The predicted molar refractivity (Wildman–Crippen MR) is 69.9 cm³/mol. The number of hydrogen-bond donors (Lipinski definition) is 1. The third kappa shape index (κ3) is 3.11. The van der Waals surface area contributed by atoms with Gasteiger partial charge < -0.3 is 5.73 Å². The summed E-state index contributed by atoms with van der Waals surface area (Å²) in [5.41, 5.74) is 9.66. The van der Waals surface area contributed by atoms with E-state index >= 15 is 0 Å². The van der Waals surface area contributed by atoms with Gasteiger partial charge in [0.1, 0.15) is 0 Å². The molecule has 0 amide bonds. The first-order chi connectivity index (χ1) is 6.43. The first kappa shape index (κ1) is 14.3. The Morgan fingerprint density at radius 1 is 1.27 bits per heavy atom. The molecule has 0 aliphatic carbocycles. The molecule has 0 bridgehead atoms. The highest BCUT2D eigenvalue weighted by molar-refractivity contribution is 6.32. The Kier molecular flexibility index (Phi) is 5.12. The molecule has 1 aromatic carbocycles. The largest absolute Gasteiger partial charge is 0.387 e. The number of amidine groups is 1. The zero-order chi connectivity index (χ0) is 10.9. The van der Waals surface area contributed by atoms with Gasteiger partial charge in [-0.05, 0) is 50.5 Å². The van der Waals surface area contributed by atoms with Crippen LogP contribution in [-0.4, -0.2) is 5.84 Å². The summed E-state index contributed by atoms with van der Waals surface area (Å²) in [5.74, 6) is 0.564. The van der Waals surface area contributed by atoms with Crippen molar-refractivity contribution in [3.8, 4) is 0 Å². The third-order valence-electron chi connectivity index (χ3n) is 2.27. The van der Waals surface area contributed by atoms with E-state index in [-0.39, 0.29) is 12.4 Å². The van der Waals surface area contributed by atoms with Crippen LogP contribution in [0, 0.1) is 20.8 Å². The van der Waals surface area contributed by atoms with Gasteiger partial charge >= 0.3 is 0 Å². The molecule has 0 radical (unpaired) electrons. The number of aliphatic imine (C=N–C) groups is 1. The lowest BCUT2D eigenvalue weighted by molar-refractivity contribution is 1.27. The van der Waals surface area contributed by atoms with E-state index in [4.69, 9.17) is 17.3 Å². The minimum absolute atomic E-state index is 0. The van der Waals surface area contributed by atoms with Gasteiger partial charge in [0.2, 0.25) is 0 Å². The fourth-order valence-electron chi connectivity index (χ4n) is 1.34. The van der Waals surface area contributed by atoms with E-state index in [9.17, 15) is 0 Å². The second-order valence-corrected chi connectivity index (χ2v) is 3.91. The molecule has 84 valence electrons. The quantitative estimate of drug-likeness (QED) is 0.596. The summed E-state index contributed by atoms with van der Waals surface area (Å²) in [6.45, 7) is 7.75. The standard InChI is InChI=1S/C11H15ClN2.ClH/c1-6-5-10(14-9(4)13)7(2)8(3)11(6)12;/h5H,1-4H3,(H2,13,14);1H. The maximum absolute atomic E-state index is 6.11. The highest BCUT2D eigenvalue weighted by Gasteiger charge is 2.07. The third-order valence-corrected chi connectivity index (χ3v) is 2.85. The Morgan fingerprint density at radius 2 is 1.80 bits per heavy atom. The fourth-order valence-corrected chi connectivity index (χ4v) is 1.53. The normalized spacial score (nSPS) is 11.1. The summed E-state index contributed by atoms with van der Waals surface area (Å²) >= 11 is 6.11. The van der Waals surface area contributed by atoms with E-state index in [1.807, 2.05) is 26.8 Å². The molecule has 0 spiro atoms. The maximum Gasteiger partial charge on any atom is 0.0965 e. The van der Waals surface area contributed by atoms with E-state index in [1.54, 1.807) is 6.92 Å². The Bertz CT molecular complexity index is 394. The topological polar surface area (TPSA) is 38.4 Å². The Balaban J connectivity index is 0.00000196. The van der Waals surface area contributed by atoms with E-state index in [0.29, 0.717) is 5.84 Å². The summed E-state index contributed by atoms with van der Waals surface area (Å²) in [7, 11) is 0. The monoisotopic (exact) mass is 246 g/mol. The first-order valence-electron chi connectivity index (χ1n) is 4.50. The molecule has 0 aliphatic rings. The van der Waals surface area contributed by atoms with E-state index in [2.05, 4.69) is 4.99 Å². The van der Waals surface area contributed by atoms with E-state index in [0.717, 1.165) is 27.4 Å². The van der Waals surface area contributed by atoms with Crippen LogP contribution in [0.2, 0.25) is 5.02 Å². The number of halogens is 2. The smallest absolute Gasteiger partial charge is 0.0965 e. The van der Waals surface area contributed by atoms with Crippen molar-refractivity contribution < 1.29 is 0 Å². The summed E-state index contributed by atoms with van der Waals surface area (Å²) in [4.78, 5) is 4.26. The zero-order valence-electron chi connectivity index (χ0n) is 9.39. The molecule has 0 saturated heterocycles. The van der Waals surface area contributed by atoms with Gasteiger partial charge in [-0.2, -0.15) is 0 Å². The maximum atomic E-state index is 6.11.